The summed E-state index contributed by atoms with van der Waals surface area (Å²) in [6.45, 7) is 5.78. The summed E-state index contributed by atoms with van der Waals surface area (Å²) in [6, 6.07) is 14.1. The van der Waals surface area contributed by atoms with E-state index in [9.17, 15) is 14.4 Å². The van der Waals surface area contributed by atoms with Crippen LogP contribution in [-0.4, -0.2) is 65.6 Å². The molecular weight excluding hydrogens is 559 g/mol. The lowest BCUT2D eigenvalue weighted by molar-refractivity contribution is -0.131. The molecule has 2 saturated heterocycles. The normalized spacial score (nSPS) is 22.1. The van der Waals surface area contributed by atoms with Crippen LogP contribution in [-0.2, 0) is 22.6 Å². The van der Waals surface area contributed by atoms with Crippen LogP contribution >= 0.6 is 11.6 Å². The highest BCUT2D eigenvalue weighted by molar-refractivity contribution is 6.35. The fourth-order valence-electron chi connectivity index (χ4n) is 6.17. The maximum absolute atomic E-state index is 13.8. The van der Waals surface area contributed by atoms with Crippen molar-refractivity contribution in [3.63, 3.8) is 0 Å². The number of nitriles is 1. The van der Waals surface area contributed by atoms with Crippen molar-refractivity contribution in [3.8, 4) is 12.1 Å². The van der Waals surface area contributed by atoms with Gasteiger partial charge in [-0.1, -0.05) is 48.5 Å². The minimum atomic E-state index is -1.03. The highest BCUT2D eigenvalue weighted by Crippen LogP contribution is 2.39. The van der Waals surface area contributed by atoms with Crippen LogP contribution in [0.25, 0.3) is 10.8 Å². The van der Waals surface area contributed by atoms with Crippen molar-refractivity contribution in [2.45, 2.75) is 50.5 Å². The number of hydrogen-bond acceptors (Lipinski definition) is 8. The zero-order valence-corrected chi connectivity index (χ0v) is 23.9. The topological polar surface area (TPSA) is 104 Å². The fraction of sp³-hybridized carbons (Fsp3) is 0.419. The van der Waals surface area contributed by atoms with E-state index in [1.807, 2.05) is 41.3 Å². The van der Waals surface area contributed by atoms with Crippen LogP contribution in [0.2, 0.25) is 5.02 Å². The predicted molar refractivity (Wildman–Crippen MR) is 157 cm³/mol. The van der Waals surface area contributed by atoms with E-state index >= 15 is 0 Å². The van der Waals surface area contributed by atoms with Crippen molar-refractivity contribution in [2.24, 2.45) is 0 Å². The first kappa shape index (κ1) is 28.3. The molecule has 3 aliphatic rings. The number of carbonyl (C=O) groups excluding carboxylic acids is 1. The number of benzene rings is 2. The van der Waals surface area contributed by atoms with Crippen LogP contribution in [0.4, 0.5) is 10.2 Å². The third kappa shape index (κ3) is 5.64. The summed E-state index contributed by atoms with van der Waals surface area (Å²) in [7, 11) is 0. The minimum absolute atomic E-state index is 0.0555. The van der Waals surface area contributed by atoms with Crippen molar-refractivity contribution in [3.05, 3.63) is 70.6 Å². The maximum Gasteiger partial charge on any atom is 0.318 e. The Bertz CT molecular complexity index is 1550. The molecule has 1 unspecified atom stereocenters. The van der Waals surface area contributed by atoms with Gasteiger partial charge in [0, 0.05) is 48.1 Å². The molecule has 0 saturated carbocycles. The van der Waals surface area contributed by atoms with E-state index in [0.717, 1.165) is 47.0 Å². The van der Waals surface area contributed by atoms with Gasteiger partial charge in [0.05, 0.1) is 36.9 Å². The Morgan fingerprint density at radius 1 is 1.26 bits per heavy atom. The van der Waals surface area contributed by atoms with Gasteiger partial charge in [-0.3, -0.25) is 4.79 Å². The van der Waals surface area contributed by atoms with Gasteiger partial charge in [0.25, 0.3) is 5.91 Å². The van der Waals surface area contributed by atoms with E-state index in [1.54, 1.807) is 0 Å². The molecule has 3 aromatic rings. The number of fused-ring (bicyclic) bond motifs is 2. The van der Waals surface area contributed by atoms with E-state index < -0.39 is 17.8 Å². The Labute approximate surface area is 248 Å². The molecule has 0 radical (unpaired) electrons. The Morgan fingerprint density at radius 3 is 2.86 bits per heavy atom. The molecule has 2 aromatic carbocycles. The standard InChI is InChI=1S/C31H32ClFN6O3/c1-19(33)30(40)39-14-13-38(16-22(39)10-11-34)29-24-18-41-27(23-8-2-5-20-6-3-9-25(32)28(20)23)15-26(24)36-31(37-29)42-17-21-7-4-12-35-21/h2-3,5-6,8-9,21-22,27,35H,1,4,7,10,12-18H2/t21-,22-,27?/m0/s1. The smallest absolute Gasteiger partial charge is 0.318 e. The molecule has 3 atom stereocenters. The quantitative estimate of drug-likeness (QED) is 0.397. The third-order valence-corrected chi connectivity index (χ3v) is 8.58. The summed E-state index contributed by atoms with van der Waals surface area (Å²) in [6.07, 6.45) is 2.41. The molecular formula is C31H32ClFN6O3. The van der Waals surface area contributed by atoms with E-state index in [0.29, 0.717) is 37.0 Å². The van der Waals surface area contributed by atoms with Crippen LogP contribution in [0.1, 0.15) is 42.2 Å². The number of piperazine rings is 1. The summed E-state index contributed by atoms with van der Waals surface area (Å²) >= 11 is 6.64. The highest BCUT2D eigenvalue weighted by atomic mass is 35.5. The lowest BCUT2D eigenvalue weighted by Gasteiger charge is -2.42. The van der Waals surface area contributed by atoms with E-state index in [-0.39, 0.29) is 37.7 Å². The second-order valence-electron chi connectivity index (χ2n) is 10.9. The maximum atomic E-state index is 13.8. The molecule has 11 heteroatoms. The Kier molecular flexibility index (Phi) is 8.24. The lowest BCUT2D eigenvalue weighted by atomic mass is 9.94. The second kappa shape index (κ2) is 12.2. The average molecular weight is 591 g/mol. The Hall–Kier alpha value is -3.78. The van der Waals surface area contributed by atoms with Crippen molar-refractivity contribution in [1.82, 2.24) is 20.2 Å². The lowest BCUT2D eigenvalue weighted by Crippen LogP contribution is -2.55. The molecule has 2 fully saturated rings. The number of anilines is 1. The van der Waals surface area contributed by atoms with E-state index in [4.69, 9.17) is 31.0 Å². The number of amides is 1. The molecule has 1 amide bonds. The van der Waals surface area contributed by atoms with Crippen LogP contribution in [0.15, 0.2) is 48.8 Å². The molecule has 218 valence electrons. The number of nitrogens with zero attached hydrogens (tertiary/aromatic N) is 5. The summed E-state index contributed by atoms with van der Waals surface area (Å²) < 4.78 is 26.3. The van der Waals surface area contributed by atoms with Crippen molar-refractivity contribution in [2.75, 3.05) is 37.7 Å². The van der Waals surface area contributed by atoms with Gasteiger partial charge in [0.2, 0.25) is 0 Å². The van der Waals surface area contributed by atoms with E-state index in [1.165, 1.54) is 4.90 Å². The van der Waals surface area contributed by atoms with Gasteiger partial charge >= 0.3 is 6.01 Å². The average Bonchev–Trinajstić information content (AvgIpc) is 3.53. The van der Waals surface area contributed by atoms with Gasteiger partial charge in [-0.2, -0.15) is 15.2 Å². The van der Waals surface area contributed by atoms with Gasteiger partial charge in [-0.05, 0) is 36.4 Å². The summed E-state index contributed by atoms with van der Waals surface area (Å²) in [4.78, 5) is 25.5. The van der Waals surface area contributed by atoms with Crippen molar-refractivity contribution >= 4 is 34.1 Å². The third-order valence-electron chi connectivity index (χ3n) is 8.27. The zero-order valence-electron chi connectivity index (χ0n) is 23.2. The Morgan fingerprint density at radius 2 is 2.10 bits per heavy atom. The largest absolute Gasteiger partial charge is 0.462 e. The number of nitrogens with one attached hydrogen (secondary N) is 1. The van der Waals surface area contributed by atoms with Crippen molar-refractivity contribution in [1.29, 1.82) is 5.26 Å². The first-order chi connectivity index (χ1) is 20.4. The van der Waals surface area contributed by atoms with Gasteiger partial charge in [0.15, 0.2) is 5.83 Å². The van der Waals surface area contributed by atoms with Gasteiger partial charge in [-0.25, -0.2) is 4.39 Å². The SMILES string of the molecule is C=C(F)C(=O)N1CCN(c2nc(OC[C@@H]3CCCN3)nc3c2COC(c2cccc4cccc(Cl)c24)C3)C[C@@H]1CC#N. The number of hydrogen-bond donors (Lipinski definition) is 1. The molecule has 0 bridgehead atoms. The molecule has 3 aliphatic heterocycles. The fourth-order valence-corrected chi connectivity index (χ4v) is 6.46. The number of carbonyl (C=O) groups is 1. The molecule has 9 nitrogen and oxygen atoms in total. The molecule has 4 heterocycles. The molecule has 1 aromatic heterocycles. The predicted octanol–water partition coefficient (Wildman–Crippen LogP) is 4.64. The van der Waals surface area contributed by atoms with Crippen LogP contribution < -0.4 is 15.0 Å². The van der Waals surface area contributed by atoms with Crippen molar-refractivity contribution < 1.29 is 18.7 Å². The second-order valence-corrected chi connectivity index (χ2v) is 11.3. The number of ether oxygens (including phenoxy) is 2. The van der Waals surface area contributed by atoms with Crippen LogP contribution in [0.5, 0.6) is 6.01 Å². The summed E-state index contributed by atoms with van der Waals surface area (Å²) in [5.41, 5.74) is 2.66. The molecule has 0 aliphatic carbocycles. The molecule has 1 N–H and O–H groups in total. The number of halogens is 2. The van der Waals surface area contributed by atoms with Gasteiger partial charge < -0.3 is 24.6 Å². The first-order valence-electron chi connectivity index (χ1n) is 14.2. The van der Waals surface area contributed by atoms with Crippen LogP contribution in [0.3, 0.4) is 0 Å². The number of rotatable bonds is 7. The summed E-state index contributed by atoms with van der Waals surface area (Å²) in [5, 5.41) is 15.6. The first-order valence-corrected chi connectivity index (χ1v) is 14.6. The van der Waals surface area contributed by atoms with E-state index in [2.05, 4.69) is 18.0 Å². The summed E-state index contributed by atoms with van der Waals surface area (Å²) in [5.74, 6) is -1.17. The molecule has 0 spiro atoms. The monoisotopic (exact) mass is 590 g/mol. The zero-order chi connectivity index (χ0) is 29.2. The minimum Gasteiger partial charge on any atom is -0.462 e. The van der Waals surface area contributed by atoms with Gasteiger partial charge in [0.1, 0.15) is 12.4 Å². The molecule has 42 heavy (non-hydrogen) atoms. The van der Waals surface area contributed by atoms with Gasteiger partial charge in [-0.15, -0.1) is 0 Å². The molecule has 6 rings (SSSR count). The number of aromatic nitrogens is 2. The highest BCUT2D eigenvalue weighted by Gasteiger charge is 2.35. The van der Waals surface area contributed by atoms with Crippen LogP contribution in [0, 0.1) is 11.3 Å². The Balaban J connectivity index is 1.33.